The average Bonchev–Trinajstić information content (AvgIpc) is 3.07. The number of carbonyl (C=O) groups is 2. The molecule has 0 unspecified atom stereocenters. The van der Waals surface area contributed by atoms with E-state index in [1.165, 1.54) is 21.2 Å². The molecule has 2 amide bonds. The highest BCUT2D eigenvalue weighted by Crippen LogP contribution is 2.35. The summed E-state index contributed by atoms with van der Waals surface area (Å²) in [5.74, 6) is -0.467. The lowest BCUT2D eigenvalue weighted by Gasteiger charge is -2.24. The first-order chi connectivity index (χ1) is 21.5. The molecule has 0 aliphatic rings. The molecule has 44 heavy (non-hydrogen) atoms. The van der Waals surface area contributed by atoms with Crippen LogP contribution in [-0.4, -0.2) is 36.2 Å². The van der Waals surface area contributed by atoms with E-state index in [1.807, 2.05) is 50.2 Å². The van der Waals surface area contributed by atoms with E-state index in [2.05, 4.69) is 108 Å². The molecule has 0 radical (unpaired) electrons. The summed E-state index contributed by atoms with van der Waals surface area (Å²) in [5, 5.41) is 11.5. The van der Waals surface area contributed by atoms with E-state index in [0.717, 1.165) is 12.3 Å². The van der Waals surface area contributed by atoms with Crippen molar-refractivity contribution in [2.45, 2.75) is 25.9 Å². The topological polar surface area (TPSA) is 58.2 Å². The molecule has 5 rings (SSSR count). The van der Waals surface area contributed by atoms with Crippen LogP contribution in [0.1, 0.15) is 34.6 Å². The zero-order valence-electron chi connectivity index (χ0n) is 25.1. The minimum Gasteiger partial charge on any atom is -0.349 e. The average molecular weight is 617 g/mol. The third-order valence-corrected chi connectivity index (χ3v) is 12.9. The highest BCUT2D eigenvalue weighted by molar-refractivity contribution is 7.73. The lowest BCUT2D eigenvalue weighted by molar-refractivity contribution is 0.0908. The quantitative estimate of drug-likeness (QED) is 0.164. The van der Waals surface area contributed by atoms with E-state index in [4.69, 9.17) is 0 Å². The van der Waals surface area contributed by atoms with Crippen LogP contribution in [0.3, 0.4) is 0 Å². The van der Waals surface area contributed by atoms with Crippen molar-refractivity contribution in [1.82, 2.24) is 10.6 Å². The summed E-state index contributed by atoms with van der Waals surface area (Å²) < 4.78 is 0. The first kappa shape index (κ1) is 31.3. The van der Waals surface area contributed by atoms with Gasteiger partial charge in [-0.25, -0.2) is 0 Å². The Hall–Kier alpha value is -4.10. The fourth-order valence-corrected chi connectivity index (χ4v) is 10.1. The van der Waals surface area contributed by atoms with Gasteiger partial charge in [-0.2, -0.15) is 0 Å². The van der Waals surface area contributed by atoms with E-state index in [1.54, 1.807) is 12.1 Å². The Morgan fingerprint density at radius 1 is 0.455 bits per heavy atom. The maximum absolute atomic E-state index is 13.6. The summed E-state index contributed by atoms with van der Waals surface area (Å²) in [7, 11) is -1.32. The molecule has 0 heterocycles. The number of carbonyl (C=O) groups excluding carboxylic acids is 2. The minimum atomic E-state index is -0.661. The lowest BCUT2D eigenvalue weighted by atomic mass is 10.1. The third kappa shape index (κ3) is 8.29. The van der Waals surface area contributed by atoms with Crippen LogP contribution in [0, 0.1) is 0 Å². The number of nitrogens with one attached hydrogen (secondary N) is 2. The molecule has 2 N–H and O–H groups in total. The number of amides is 2. The van der Waals surface area contributed by atoms with Crippen LogP contribution in [-0.2, 0) is 0 Å². The van der Waals surface area contributed by atoms with Gasteiger partial charge in [0.2, 0.25) is 0 Å². The van der Waals surface area contributed by atoms with E-state index < -0.39 is 15.8 Å². The second kappa shape index (κ2) is 15.6. The Balaban J connectivity index is 1.27. The molecule has 222 valence electrons. The van der Waals surface area contributed by atoms with Gasteiger partial charge in [0.1, 0.15) is 0 Å². The molecule has 2 atom stereocenters. The Bertz CT molecular complexity index is 1430. The zero-order valence-corrected chi connectivity index (χ0v) is 26.9. The summed E-state index contributed by atoms with van der Waals surface area (Å²) in [6, 6.07) is 48.8. The third-order valence-electron chi connectivity index (χ3n) is 7.36. The number of hydrogen-bond donors (Lipinski definition) is 2. The van der Waals surface area contributed by atoms with Gasteiger partial charge < -0.3 is 10.6 Å². The Labute approximate surface area is 263 Å². The van der Waals surface area contributed by atoms with E-state index in [0.29, 0.717) is 11.1 Å². The van der Waals surface area contributed by atoms with Crippen LogP contribution in [0.15, 0.2) is 146 Å². The highest BCUT2D eigenvalue weighted by atomic mass is 31.1. The van der Waals surface area contributed by atoms with Crippen molar-refractivity contribution in [3.05, 3.63) is 157 Å². The van der Waals surface area contributed by atoms with Crippen LogP contribution in [0.4, 0.5) is 0 Å². The van der Waals surface area contributed by atoms with E-state index in [-0.39, 0.29) is 23.9 Å². The van der Waals surface area contributed by atoms with Crippen molar-refractivity contribution >= 4 is 48.9 Å². The van der Waals surface area contributed by atoms with Gasteiger partial charge >= 0.3 is 0 Å². The fraction of sp³-hybridized carbons (Fsp3) is 0.158. The molecule has 0 fully saturated rings. The first-order valence-corrected chi connectivity index (χ1v) is 18.0. The van der Waals surface area contributed by atoms with Crippen molar-refractivity contribution < 1.29 is 9.59 Å². The molecule has 0 spiro atoms. The Kier molecular flexibility index (Phi) is 11.1. The largest absolute Gasteiger partial charge is 0.349 e. The van der Waals surface area contributed by atoms with Gasteiger partial charge in [0.25, 0.3) is 11.8 Å². The fourth-order valence-electron chi connectivity index (χ4n) is 5.27. The van der Waals surface area contributed by atoms with Gasteiger partial charge in [-0.3, -0.25) is 9.59 Å². The zero-order chi connectivity index (χ0) is 30.7. The molecule has 5 aromatic rings. The van der Waals surface area contributed by atoms with Crippen LogP contribution in [0.5, 0.6) is 0 Å². The van der Waals surface area contributed by atoms with Crippen LogP contribution in [0.2, 0.25) is 0 Å². The highest BCUT2D eigenvalue weighted by Gasteiger charge is 2.23. The molecule has 0 saturated carbocycles. The maximum atomic E-state index is 13.6. The van der Waals surface area contributed by atoms with Crippen molar-refractivity contribution in [2.75, 3.05) is 12.3 Å². The molecule has 0 saturated heterocycles. The molecule has 4 nitrogen and oxygen atoms in total. The van der Waals surface area contributed by atoms with Crippen LogP contribution >= 0.6 is 15.8 Å². The monoisotopic (exact) mass is 616 g/mol. The smallest absolute Gasteiger partial charge is 0.252 e. The summed E-state index contributed by atoms with van der Waals surface area (Å²) >= 11 is 0. The normalized spacial score (nSPS) is 12.5. The molecular formula is C38H38N2O2P2. The Morgan fingerprint density at radius 2 is 0.705 bits per heavy atom. The van der Waals surface area contributed by atoms with Crippen molar-refractivity contribution in [3.8, 4) is 0 Å². The molecule has 5 aromatic carbocycles. The molecule has 0 aliphatic heterocycles. The molecule has 6 heteroatoms. The number of benzene rings is 5. The van der Waals surface area contributed by atoms with Gasteiger partial charge in [0.05, 0.1) is 11.1 Å². The first-order valence-electron chi connectivity index (χ1n) is 15.0. The predicted octanol–water partition coefficient (Wildman–Crippen LogP) is 6.19. The van der Waals surface area contributed by atoms with Gasteiger partial charge in [-0.15, -0.1) is 0 Å². The van der Waals surface area contributed by atoms with Crippen LogP contribution < -0.4 is 31.9 Å². The second-order valence-electron chi connectivity index (χ2n) is 10.9. The minimum absolute atomic E-state index is 0.0932. The Morgan fingerprint density at radius 3 is 0.977 bits per heavy atom. The summed E-state index contributed by atoms with van der Waals surface area (Å²) in [5.41, 5.74) is 0.780. The van der Waals surface area contributed by atoms with Crippen molar-refractivity contribution in [2.24, 2.45) is 0 Å². The van der Waals surface area contributed by atoms with E-state index in [9.17, 15) is 9.59 Å². The maximum Gasteiger partial charge on any atom is 0.252 e. The van der Waals surface area contributed by atoms with E-state index >= 15 is 0 Å². The summed E-state index contributed by atoms with van der Waals surface area (Å²) in [6.45, 7) is 4.08. The standard InChI is InChI=1S/C38H38N2O2P2/c1-29(27-43(31-17-7-3-8-18-31)32-19-9-4-10-20-32)39-37(41)35-25-15-16-26-36(35)38(42)40-30(2)28-44(33-21-11-5-12-22-33)34-23-13-6-14-24-34/h3-26,29-30H,27-28H2,1-2H3,(H,39,41)(H,40,42)/t29-,30-/m0/s1. The van der Waals surface area contributed by atoms with Crippen molar-refractivity contribution in [3.63, 3.8) is 0 Å². The van der Waals surface area contributed by atoms with Gasteiger partial charge in [-0.05, 0) is 75.4 Å². The molecule has 0 aliphatic carbocycles. The molecule has 0 bridgehead atoms. The SMILES string of the molecule is C[C@@H](CP(c1ccccc1)c1ccccc1)NC(=O)c1ccccc1C(=O)N[C@@H](C)CP(c1ccccc1)c1ccccc1. The van der Waals surface area contributed by atoms with Crippen LogP contribution in [0.25, 0.3) is 0 Å². The number of hydrogen-bond acceptors (Lipinski definition) is 2. The second-order valence-corrected chi connectivity index (χ2v) is 15.4. The van der Waals surface area contributed by atoms with Gasteiger partial charge in [-0.1, -0.05) is 133 Å². The molecular weight excluding hydrogens is 578 g/mol. The summed E-state index contributed by atoms with van der Waals surface area (Å²) in [6.07, 6.45) is 1.59. The summed E-state index contributed by atoms with van der Waals surface area (Å²) in [4.78, 5) is 27.2. The van der Waals surface area contributed by atoms with Gasteiger partial charge in [0.15, 0.2) is 0 Å². The van der Waals surface area contributed by atoms with Crippen molar-refractivity contribution in [1.29, 1.82) is 0 Å². The molecule has 0 aromatic heterocycles. The number of rotatable bonds is 12. The lowest BCUT2D eigenvalue weighted by Crippen LogP contribution is -2.39. The van der Waals surface area contributed by atoms with Gasteiger partial charge in [0, 0.05) is 12.1 Å². The predicted molar refractivity (Wildman–Crippen MR) is 188 cm³/mol.